The van der Waals surface area contributed by atoms with Crippen molar-refractivity contribution in [2.75, 3.05) is 18.5 Å². The zero-order valence-corrected chi connectivity index (χ0v) is 6.64. The van der Waals surface area contributed by atoms with Gasteiger partial charge in [0.1, 0.15) is 11.6 Å². The molecule has 3 heteroatoms. The Bertz CT molecular complexity index is 288. The number of nitrogens with one attached hydrogen (secondary N) is 1. The zero-order valence-electron chi connectivity index (χ0n) is 6.64. The summed E-state index contributed by atoms with van der Waals surface area (Å²) in [6.45, 7) is 1.54. The average molecular weight is 167 g/mol. The Morgan fingerprint density at radius 2 is 2.33 bits per heavy atom. The van der Waals surface area contributed by atoms with Crippen LogP contribution in [0.4, 0.5) is 10.1 Å². The number of benzene rings is 1. The highest BCUT2D eigenvalue weighted by Crippen LogP contribution is 2.26. The molecule has 64 valence electrons. The van der Waals surface area contributed by atoms with Crippen molar-refractivity contribution in [1.29, 1.82) is 0 Å². The summed E-state index contributed by atoms with van der Waals surface area (Å²) in [6, 6.07) is 4.52. The minimum absolute atomic E-state index is 0.230. The summed E-state index contributed by atoms with van der Waals surface area (Å²) in [5, 5.41) is 3.10. The minimum Gasteiger partial charge on any atom is -0.491 e. The van der Waals surface area contributed by atoms with Crippen LogP contribution in [-0.4, -0.2) is 13.2 Å². The van der Waals surface area contributed by atoms with Crippen molar-refractivity contribution in [3.05, 3.63) is 24.0 Å². The van der Waals surface area contributed by atoms with Crippen molar-refractivity contribution < 1.29 is 9.13 Å². The number of rotatable bonds is 0. The number of halogens is 1. The van der Waals surface area contributed by atoms with E-state index in [4.69, 9.17) is 4.74 Å². The third-order valence-corrected chi connectivity index (χ3v) is 1.84. The van der Waals surface area contributed by atoms with Crippen molar-refractivity contribution in [1.82, 2.24) is 0 Å². The quantitative estimate of drug-likeness (QED) is 0.638. The van der Waals surface area contributed by atoms with Crippen LogP contribution in [0.2, 0.25) is 0 Å². The fraction of sp³-hybridized carbons (Fsp3) is 0.333. The van der Waals surface area contributed by atoms with Crippen molar-refractivity contribution in [2.24, 2.45) is 0 Å². The molecule has 0 unspecified atom stereocenters. The maximum absolute atomic E-state index is 12.7. The molecular weight excluding hydrogens is 157 g/mol. The lowest BCUT2D eigenvalue weighted by molar-refractivity contribution is 0.322. The predicted molar refractivity (Wildman–Crippen MR) is 45.0 cm³/mol. The Hall–Kier alpha value is -1.25. The molecule has 0 aromatic heterocycles. The van der Waals surface area contributed by atoms with Crippen LogP contribution in [0.1, 0.15) is 6.42 Å². The number of hydrogen-bond acceptors (Lipinski definition) is 2. The molecule has 1 heterocycles. The van der Waals surface area contributed by atoms with E-state index in [-0.39, 0.29) is 5.82 Å². The highest BCUT2D eigenvalue weighted by molar-refractivity contribution is 5.56. The van der Waals surface area contributed by atoms with Crippen LogP contribution in [0.15, 0.2) is 18.2 Å². The molecule has 1 N–H and O–H groups in total. The molecular formula is C9H10FNO. The van der Waals surface area contributed by atoms with Gasteiger partial charge in [0.05, 0.1) is 12.3 Å². The Morgan fingerprint density at radius 1 is 1.42 bits per heavy atom. The average Bonchev–Trinajstić information content (AvgIpc) is 2.28. The van der Waals surface area contributed by atoms with E-state index in [1.165, 1.54) is 12.1 Å². The molecule has 0 amide bonds. The molecule has 1 aromatic carbocycles. The van der Waals surface area contributed by atoms with Gasteiger partial charge in [-0.15, -0.1) is 0 Å². The molecule has 0 saturated carbocycles. The summed E-state index contributed by atoms with van der Waals surface area (Å²) < 4.78 is 18.1. The third kappa shape index (κ3) is 1.35. The van der Waals surface area contributed by atoms with Gasteiger partial charge in [0, 0.05) is 12.6 Å². The van der Waals surface area contributed by atoms with Gasteiger partial charge in [-0.25, -0.2) is 4.39 Å². The molecule has 0 saturated heterocycles. The van der Waals surface area contributed by atoms with Crippen LogP contribution < -0.4 is 10.1 Å². The number of hydrogen-bond donors (Lipinski definition) is 1. The van der Waals surface area contributed by atoms with E-state index in [0.717, 1.165) is 24.4 Å². The van der Waals surface area contributed by atoms with E-state index in [2.05, 4.69) is 5.32 Å². The first-order chi connectivity index (χ1) is 5.86. The zero-order chi connectivity index (χ0) is 8.39. The molecule has 0 aliphatic carbocycles. The van der Waals surface area contributed by atoms with Crippen LogP contribution in [0.3, 0.4) is 0 Å². The monoisotopic (exact) mass is 167 g/mol. The first-order valence-corrected chi connectivity index (χ1v) is 4.02. The van der Waals surface area contributed by atoms with E-state index in [1.807, 2.05) is 0 Å². The lowest BCUT2D eigenvalue weighted by Crippen LogP contribution is -2.00. The van der Waals surface area contributed by atoms with Gasteiger partial charge in [0.25, 0.3) is 0 Å². The Morgan fingerprint density at radius 3 is 3.25 bits per heavy atom. The van der Waals surface area contributed by atoms with E-state index in [1.54, 1.807) is 6.07 Å². The van der Waals surface area contributed by atoms with E-state index in [0.29, 0.717) is 6.61 Å². The molecule has 0 atom stereocenters. The molecule has 12 heavy (non-hydrogen) atoms. The van der Waals surface area contributed by atoms with Crippen molar-refractivity contribution >= 4 is 5.69 Å². The highest BCUT2D eigenvalue weighted by Gasteiger charge is 2.07. The van der Waals surface area contributed by atoms with Gasteiger partial charge < -0.3 is 10.1 Å². The number of anilines is 1. The maximum atomic E-state index is 12.7. The molecule has 2 nitrogen and oxygen atoms in total. The lowest BCUT2D eigenvalue weighted by Gasteiger charge is -2.06. The van der Waals surface area contributed by atoms with Crippen LogP contribution in [-0.2, 0) is 0 Å². The molecule has 2 rings (SSSR count). The molecule has 0 bridgehead atoms. The van der Waals surface area contributed by atoms with Crippen molar-refractivity contribution in [2.45, 2.75) is 6.42 Å². The Labute approximate surface area is 70.3 Å². The summed E-state index contributed by atoms with van der Waals surface area (Å²) in [5.74, 6) is 0.514. The molecule has 0 radical (unpaired) electrons. The Kier molecular flexibility index (Phi) is 1.86. The van der Waals surface area contributed by atoms with Gasteiger partial charge >= 0.3 is 0 Å². The normalized spacial score (nSPS) is 15.4. The SMILES string of the molecule is Fc1ccc2c(c1)NCCCO2. The third-order valence-electron chi connectivity index (χ3n) is 1.84. The largest absolute Gasteiger partial charge is 0.491 e. The van der Waals surface area contributed by atoms with E-state index < -0.39 is 0 Å². The van der Waals surface area contributed by atoms with Crippen molar-refractivity contribution in [3.8, 4) is 5.75 Å². The van der Waals surface area contributed by atoms with Gasteiger partial charge in [0.15, 0.2) is 0 Å². The topological polar surface area (TPSA) is 21.3 Å². The van der Waals surface area contributed by atoms with Crippen LogP contribution in [0, 0.1) is 5.82 Å². The van der Waals surface area contributed by atoms with Crippen LogP contribution >= 0.6 is 0 Å². The summed E-state index contributed by atoms with van der Waals surface area (Å²) in [6.07, 6.45) is 0.955. The second-order valence-electron chi connectivity index (χ2n) is 2.77. The van der Waals surface area contributed by atoms with Gasteiger partial charge in [-0.3, -0.25) is 0 Å². The van der Waals surface area contributed by atoms with Crippen LogP contribution in [0.5, 0.6) is 5.75 Å². The predicted octanol–water partition coefficient (Wildman–Crippen LogP) is 2.02. The molecule has 0 spiro atoms. The van der Waals surface area contributed by atoms with Gasteiger partial charge in [-0.05, 0) is 18.6 Å². The molecule has 1 aliphatic heterocycles. The van der Waals surface area contributed by atoms with E-state index in [9.17, 15) is 4.39 Å². The fourth-order valence-electron chi connectivity index (χ4n) is 1.24. The maximum Gasteiger partial charge on any atom is 0.142 e. The van der Waals surface area contributed by atoms with Gasteiger partial charge in [-0.1, -0.05) is 0 Å². The summed E-state index contributed by atoms with van der Waals surface area (Å²) in [5.41, 5.74) is 0.757. The fourth-order valence-corrected chi connectivity index (χ4v) is 1.24. The lowest BCUT2D eigenvalue weighted by atomic mass is 10.3. The second-order valence-corrected chi connectivity index (χ2v) is 2.77. The smallest absolute Gasteiger partial charge is 0.142 e. The standard InChI is InChI=1S/C9H10FNO/c10-7-2-3-9-8(6-7)11-4-1-5-12-9/h2-3,6,11H,1,4-5H2. The first kappa shape index (κ1) is 7.40. The molecule has 0 fully saturated rings. The summed E-state index contributed by atoms with van der Waals surface area (Å²) in [4.78, 5) is 0. The van der Waals surface area contributed by atoms with Crippen LogP contribution in [0.25, 0.3) is 0 Å². The highest BCUT2D eigenvalue weighted by atomic mass is 19.1. The second kappa shape index (κ2) is 3.01. The summed E-state index contributed by atoms with van der Waals surface area (Å²) >= 11 is 0. The van der Waals surface area contributed by atoms with Gasteiger partial charge in [0.2, 0.25) is 0 Å². The van der Waals surface area contributed by atoms with E-state index >= 15 is 0 Å². The van der Waals surface area contributed by atoms with Gasteiger partial charge in [-0.2, -0.15) is 0 Å². The number of ether oxygens (including phenoxy) is 1. The summed E-state index contributed by atoms with van der Waals surface area (Å²) in [7, 11) is 0. The molecule has 1 aromatic rings. The Balaban J connectivity index is 2.36. The first-order valence-electron chi connectivity index (χ1n) is 4.02. The number of fused-ring (bicyclic) bond motifs is 1. The molecule has 1 aliphatic rings. The van der Waals surface area contributed by atoms with Crippen molar-refractivity contribution in [3.63, 3.8) is 0 Å². The minimum atomic E-state index is -0.230.